The number of aryl methyl sites for hydroxylation is 1. The summed E-state index contributed by atoms with van der Waals surface area (Å²) in [6.45, 7) is 1.74. The van der Waals surface area contributed by atoms with E-state index in [0.717, 1.165) is 16.9 Å². The third-order valence-electron chi connectivity index (χ3n) is 2.72. The summed E-state index contributed by atoms with van der Waals surface area (Å²) in [7, 11) is 0. The molecule has 3 aromatic rings. The summed E-state index contributed by atoms with van der Waals surface area (Å²) >= 11 is 0. The van der Waals surface area contributed by atoms with E-state index >= 15 is 0 Å². The molecule has 1 aromatic carbocycles. The Kier molecular flexibility index (Phi) is 2.14. The molecule has 0 unspecified atom stereocenters. The number of hydrogen-bond donors (Lipinski definition) is 1. The average molecular weight is 227 g/mol. The van der Waals surface area contributed by atoms with Crippen molar-refractivity contribution in [3.05, 3.63) is 48.0 Å². The fourth-order valence-corrected chi connectivity index (χ4v) is 1.79. The molecule has 0 saturated heterocycles. The summed E-state index contributed by atoms with van der Waals surface area (Å²) in [6, 6.07) is 6.94. The first kappa shape index (κ1) is 9.96. The van der Waals surface area contributed by atoms with Gasteiger partial charge in [0.25, 0.3) is 0 Å². The molecule has 3 rings (SSSR count). The second kappa shape index (κ2) is 3.66. The van der Waals surface area contributed by atoms with Crippen molar-refractivity contribution in [2.75, 3.05) is 0 Å². The Hall–Kier alpha value is -2.23. The molecule has 0 atom stereocenters. The van der Waals surface area contributed by atoms with Crippen LogP contribution in [0.2, 0.25) is 0 Å². The van der Waals surface area contributed by atoms with Crippen molar-refractivity contribution in [2.24, 2.45) is 0 Å². The van der Waals surface area contributed by atoms with Gasteiger partial charge in [0.05, 0.1) is 11.0 Å². The first-order valence-electron chi connectivity index (χ1n) is 5.30. The van der Waals surface area contributed by atoms with E-state index in [-0.39, 0.29) is 5.82 Å². The van der Waals surface area contributed by atoms with Crippen LogP contribution in [0.5, 0.6) is 0 Å². The number of hydrogen-bond acceptors (Lipinski definition) is 2. The van der Waals surface area contributed by atoms with E-state index in [4.69, 9.17) is 0 Å². The molecule has 0 amide bonds. The van der Waals surface area contributed by atoms with Gasteiger partial charge < -0.3 is 4.98 Å². The highest BCUT2D eigenvalue weighted by Gasteiger charge is 2.07. The molecule has 0 aliphatic heterocycles. The van der Waals surface area contributed by atoms with Gasteiger partial charge in [-0.3, -0.25) is 4.98 Å². The minimum atomic E-state index is -0.231. The number of aromatic amines is 1. The molecule has 17 heavy (non-hydrogen) atoms. The number of imidazole rings is 1. The van der Waals surface area contributed by atoms with Gasteiger partial charge in [-0.25, -0.2) is 9.37 Å². The van der Waals surface area contributed by atoms with Crippen LogP contribution in [0.4, 0.5) is 4.39 Å². The van der Waals surface area contributed by atoms with Crippen LogP contribution < -0.4 is 0 Å². The van der Waals surface area contributed by atoms with Gasteiger partial charge >= 0.3 is 0 Å². The Labute approximate surface area is 97.3 Å². The van der Waals surface area contributed by atoms with Gasteiger partial charge in [-0.15, -0.1) is 0 Å². The summed E-state index contributed by atoms with van der Waals surface area (Å²) in [5.41, 5.74) is 3.03. The number of benzene rings is 1. The summed E-state index contributed by atoms with van der Waals surface area (Å²) in [5.74, 6) is 0.498. The smallest absolute Gasteiger partial charge is 0.138 e. The van der Waals surface area contributed by atoms with Gasteiger partial charge in [0.2, 0.25) is 0 Å². The standard InChI is InChI=1S/C13H10FN3/c1-8-6-11-12(7-10(8)14)17-13(16-11)9-2-4-15-5-3-9/h2-7H,1H3,(H,16,17). The number of H-pyrrole nitrogens is 1. The fourth-order valence-electron chi connectivity index (χ4n) is 1.79. The molecule has 0 spiro atoms. The highest BCUT2D eigenvalue weighted by molar-refractivity contribution is 5.80. The van der Waals surface area contributed by atoms with Crippen molar-refractivity contribution in [1.29, 1.82) is 0 Å². The Morgan fingerprint density at radius 3 is 2.71 bits per heavy atom. The van der Waals surface area contributed by atoms with E-state index in [1.165, 1.54) is 6.07 Å². The average Bonchev–Trinajstić information content (AvgIpc) is 2.74. The number of fused-ring (bicyclic) bond motifs is 1. The van der Waals surface area contributed by atoms with Crippen molar-refractivity contribution < 1.29 is 4.39 Å². The zero-order valence-electron chi connectivity index (χ0n) is 9.24. The normalized spacial score (nSPS) is 10.9. The molecule has 0 fully saturated rings. The molecule has 0 aliphatic rings. The lowest BCUT2D eigenvalue weighted by atomic mass is 10.2. The van der Waals surface area contributed by atoms with Crippen molar-refractivity contribution in [3.63, 3.8) is 0 Å². The molecule has 0 radical (unpaired) electrons. The lowest BCUT2D eigenvalue weighted by Gasteiger charge is -1.94. The molecule has 0 saturated carbocycles. The van der Waals surface area contributed by atoms with E-state index in [1.54, 1.807) is 25.4 Å². The van der Waals surface area contributed by atoms with E-state index in [1.807, 2.05) is 12.1 Å². The predicted molar refractivity (Wildman–Crippen MR) is 64.0 cm³/mol. The van der Waals surface area contributed by atoms with Gasteiger partial charge in [-0.05, 0) is 30.7 Å². The highest BCUT2D eigenvalue weighted by Crippen LogP contribution is 2.21. The maximum atomic E-state index is 13.4. The fraction of sp³-hybridized carbons (Fsp3) is 0.0769. The van der Waals surface area contributed by atoms with Crippen LogP contribution in [0.1, 0.15) is 5.56 Å². The van der Waals surface area contributed by atoms with Crippen molar-refractivity contribution in [1.82, 2.24) is 15.0 Å². The van der Waals surface area contributed by atoms with E-state index in [2.05, 4.69) is 15.0 Å². The van der Waals surface area contributed by atoms with Crippen LogP contribution >= 0.6 is 0 Å². The van der Waals surface area contributed by atoms with Gasteiger partial charge in [0.1, 0.15) is 11.6 Å². The lowest BCUT2D eigenvalue weighted by molar-refractivity contribution is 0.620. The first-order chi connectivity index (χ1) is 8.24. The molecular weight excluding hydrogens is 217 g/mol. The number of nitrogens with one attached hydrogen (secondary N) is 1. The number of pyridine rings is 1. The van der Waals surface area contributed by atoms with Crippen LogP contribution in [-0.2, 0) is 0 Å². The number of rotatable bonds is 1. The SMILES string of the molecule is Cc1cc2[nH]c(-c3ccncc3)nc2cc1F. The second-order valence-corrected chi connectivity index (χ2v) is 3.94. The van der Waals surface area contributed by atoms with Crippen molar-refractivity contribution >= 4 is 11.0 Å². The summed E-state index contributed by atoms with van der Waals surface area (Å²) in [4.78, 5) is 11.5. The van der Waals surface area contributed by atoms with E-state index in [9.17, 15) is 4.39 Å². The minimum absolute atomic E-state index is 0.231. The largest absolute Gasteiger partial charge is 0.338 e. The summed E-state index contributed by atoms with van der Waals surface area (Å²) in [6.07, 6.45) is 3.41. The molecule has 2 aromatic heterocycles. The molecule has 0 aliphatic carbocycles. The monoisotopic (exact) mass is 227 g/mol. The van der Waals surface area contributed by atoms with Crippen molar-refractivity contribution in [2.45, 2.75) is 6.92 Å². The maximum absolute atomic E-state index is 13.4. The molecule has 0 bridgehead atoms. The maximum Gasteiger partial charge on any atom is 0.138 e. The van der Waals surface area contributed by atoms with Crippen LogP contribution in [0.3, 0.4) is 0 Å². The third kappa shape index (κ3) is 1.67. The zero-order valence-corrected chi connectivity index (χ0v) is 9.24. The molecule has 1 N–H and O–H groups in total. The number of aromatic nitrogens is 3. The molecule has 2 heterocycles. The van der Waals surface area contributed by atoms with Gasteiger partial charge in [-0.2, -0.15) is 0 Å². The molecule has 84 valence electrons. The molecule has 3 nitrogen and oxygen atoms in total. The Bertz CT molecular complexity index is 635. The Morgan fingerprint density at radius 2 is 1.94 bits per heavy atom. The molecular formula is C13H10FN3. The lowest BCUT2D eigenvalue weighted by Crippen LogP contribution is -1.81. The van der Waals surface area contributed by atoms with Gasteiger partial charge in [0.15, 0.2) is 0 Å². The van der Waals surface area contributed by atoms with Crippen molar-refractivity contribution in [3.8, 4) is 11.4 Å². The quantitative estimate of drug-likeness (QED) is 0.694. The third-order valence-corrected chi connectivity index (χ3v) is 2.72. The zero-order chi connectivity index (χ0) is 11.8. The highest BCUT2D eigenvalue weighted by atomic mass is 19.1. The van der Waals surface area contributed by atoms with Crippen LogP contribution in [0.25, 0.3) is 22.4 Å². The van der Waals surface area contributed by atoms with Gasteiger partial charge in [0, 0.05) is 24.0 Å². The first-order valence-corrected chi connectivity index (χ1v) is 5.30. The number of nitrogens with zero attached hydrogens (tertiary/aromatic N) is 2. The van der Waals surface area contributed by atoms with E-state index < -0.39 is 0 Å². The summed E-state index contributed by atoms with van der Waals surface area (Å²) < 4.78 is 13.4. The second-order valence-electron chi connectivity index (χ2n) is 3.94. The predicted octanol–water partition coefficient (Wildman–Crippen LogP) is 3.07. The molecule has 4 heteroatoms. The van der Waals surface area contributed by atoms with Gasteiger partial charge in [-0.1, -0.05) is 0 Å². The Morgan fingerprint density at radius 1 is 1.18 bits per heavy atom. The number of halogens is 1. The topological polar surface area (TPSA) is 41.6 Å². The minimum Gasteiger partial charge on any atom is -0.338 e. The van der Waals surface area contributed by atoms with Crippen LogP contribution in [0, 0.1) is 12.7 Å². The van der Waals surface area contributed by atoms with Crippen LogP contribution in [0.15, 0.2) is 36.7 Å². The Balaban J connectivity index is 2.21. The summed E-state index contributed by atoms with van der Waals surface area (Å²) in [5, 5.41) is 0. The van der Waals surface area contributed by atoms with Crippen LogP contribution in [-0.4, -0.2) is 15.0 Å². The van der Waals surface area contributed by atoms with E-state index in [0.29, 0.717) is 11.1 Å².